The maximum atomic E-state index is 11.5. The number of benzene rings is 1. The molecule has 0 spiro atoms. The normalized spacial score (nSPS) is 10.1. The molecule has 0 atom stereocenters. The second-order valence-electron chi connectivity index (χ2n) is 2.84. The van der Waals surface area contributed by atoms with Gasteiger partial charge in [-0.05, 0) is 12.1 Å². The Morgan fingerprint density at radius 2 is 1.87 bits per heavy atom. The van der Waals surface area contributed by atoms with Gasteiger partial charge in [0.1, 0.15) is 0 Å². The molecule has 0 saturated heterocycles. The number of ether oxygens (including phenoxy) is 1. The quantitative estimate of drug-likeness (QED) is 0.612. The Balaban J connectivity index is 3.08. The molecule has 15 heavy (non-hydrogen) atoms. The fraction of sp³-hybridized carbons (Fsp3) is 0.300. The second-order valence-corrected chi connectivity index (χ2v) is 4.03. The third-order valence-electron chi connectivity index (χ3n) is 1.85. The van der Waals surface area contributed by atoms with Gasteiger partial charge in [0.2, 0.25) is 0 Å². The van der Waals surface area contributed by atoms with Crippen molar-refractivity contribution in [2.45, 2.75) is 6.42 Å². The van der Waals surface area contributed by atoms with Crippen molar-refractivity contribution in [3.05, 3.63) is 27.7 Å². The van der Waals surface area contributed by atoms with Crippen LogP contribution in [-0.2, 0) is 0 Å². The summed E-state index contributed by atoms with van der Waals surface area (Å²) >= 11 is 17.2. The number of hydrogen-bond donors (Lipinski definition) is 0. The molecule has 5 heteroatoms. The third-order valence-corrected chi connectivity index (χ3v) is 2.60. The summed E-state index contributed by atoms with van der Waals surface area (Å²) in [4.78, 5) is 11.5. The molecule has 0 aliphatic carbocycles. The summed E-state index contributed by atoms with van der Waals surface area (Å²) in [6.45, 7) is 0. The molecule has 0 aliphatic heterocycles. The van der Waals surface area contributed by atoms with Gasteiger partial charge in [0.05, 0.1) is 17.2 Å². The van der Waals surface area contributed by atoms with Crippen molar-refractivity contribution in [1.82, 2.24) is 0 Å². The summed E-state index contributed by atoms with van der Waals surface area (Å²) in [5.74, 6) is 0.567. The minimum atomic E-state index is -0.0866. The van der Waals surface area contributed by atoms with E-state index in [1.807, 2.05) is 0 Å². The molecule has 0 fully saturated rings. The molecule has 0 bridgehead atoms. The van der Waals surface area contributed by atoms with Crippen LogP contribution in [0.25, 0.3) is 0 Å². The average Bonchev–Trinajstić information content (AvgIpc) is 2.17. The number of ketones is 1. The van der Waals surface area contributed by atoms with Gasteiger partial charge in [-0.2, -0.15) is 0 Å². The monoisotopic (exact) mass is 266 g/mol. The minimum Gasteiger partial charge on any atom is -0.494 e. The first-order chi connectivity index (χ1) is 7.10. The number of alkyl halides is 1. The summed E-state index contributed by atoms with van der Waals surface area (Å²) in [7, 11) is 1.47. The molecular weight excluding hydrogens is 258 g/mol. The molecule has 2 nitrogen and oxygen atoms in total. The SMILES string of the molecule is COc1c(Cl)cc(C(=O)CCCl)cc1Cl. The number of rotatable bonds is 4. The van der Waals surface area contributed by atoms with Crippen LogP contribution < -0.4 is 4.74 Å². The zero-order valence-electron chi connectivity index (χ0n) is 8.02. The van der Waals surface area contributed by atoms with Gasteiger partial charge in [-0.15, -0.1) is 11.6 Å². The average molecular weight is 268 g/mol. The number of methoxy groups -OCH3 is 1. The van der Waals surface area contributed by atoms with E-state index >= 15 is 0 Å². The van der Waals surface area contributed by atoms with Crippen LogP contribution in [0.5, 0.6) is 5.75 Å². The molecule has 0 aliphatic rings. The predicted molar refractivity (Wildman–Crippen MR) is 62.7 cm³/mol. The van der Waals surface area contributed by atoms with Crippen LogP contribution in [0, 0.1) is 0 Å². The number of carbonyl (C=O) groups excluding carboxylic acids is 1. The number of carbonyl (C=O) groups is 1. The van der Waals surface area contributed by atoms with Crippen LogP contribution in [0.1, 0.15) is 16.8 Å². The van der Waals surface area contributed by atoms with E-state index in [1.54, 1.807) is 0 Å². The van der Waals surface area contributed by atoms with Gasteiger partial charge >= 0.3 is 0 Å². The van der Waals surface area contributed by atoms with E-state index < -0.39 is 0 Å². The molecule has 1 aromatic rings. The van der Waals surface area contributed by atoms with Gasteiger partial charge in [0, 0.05) is 17.9 Å². The highest BCUT2D eigenvalue weighted by molar-refractivity contribution is 6.37. The standard InChI is InChI=1S/C10H9Cl3O2/c1-15-10-7(12)4-6(5-8(10)13)9(14)2-3-11/h4-5H,2-3H2,1H3. The minimum absolute atomic E-state index is 0.0866. The van der Waals surface area contributed by atoms with Crippen molar-refractivity contribution < 1.29 is 9.53 Å². The van der Waals surface area contributed by atoms with Crippen LogP contribution in [0.4, 0.5) is 0 Å². The molecule has 82 valence electrons. The molecule has 1 rings (SSSR count). The highest BCUT2D eigenvalue weighted by Gasteiger charge is 2.12. The van der Waals surface area contributed by atoms with Gasteiger partial charge in [0.25, 0.3) is 0 Å². The molecule has 0 saturated carbocycles. The Labute approximate surface area is 103 Å². The van der Waals surface area contributed by atoms with E-state index in [-0.39, 0.29) is 18.1 Å². The Kier molecular flexibility index (Phi) is 4.71. The lowest BCUT2D eigenvalue weighted by Gasteiger charge is -2.07. The fourth-order valence-electron chi connectivity index (χ4n) is 1.15. The molecule has 0 amide bonds. The number of Topliss-reactive ketones (excluding diaryl/α,β-unsaturated/α-hetero) is 1. The highest BCUT2D eigenvalue weighted by Crippen LogP contribution is 2.34. The van der Waals surface area contributed by atoms with E-state index in [0.717, 1.165) is 0 Å². The lowest BCUT2D eigenvalue weighted by Crippen LogP contribution is -2.00. The van der Waals surface area contributed by atoms with Crippen LogP contribution in [0.3, 0.4) is 0 Å². The summed E-state index contributed by atoms with van der Waals surface area (Å²) in [6.07, 6.45) is 0.264. The first kappa shape index (κ1) is 12.6. The Morgan fingerprint density at radius 3 is 2.27 bits per heavy atom. The maximum absolute atomic E-state index is 11.5. The first-order valence-electron chi connectivity index (χ1n) is 4.22. The van der Waals surface area contributed by atoms with E-state index in [2.05, 4.69) is 0 Å². The van der Waals surface area contributed by atoms with Gasteiger partial charge in [0.15, 0.2) is 11.5 Å². The van der Waals surface area contributed by atoms with Crippen LogP contribution in [0.2, 0.25) is 10.0 Å². The topological polar surface area (TPSA) is 26.3 Å². The van der Waals surface area contributed by atoms with Crippen molar-refractivity contribution in [1.29, 1.82) is 0 Å². The zero-order valence-corrected chi connectivity index (χ0v) is 10.3. The van der Waals surface area contributed by atoms with Gasteiger partial charge in [-0.3, -0.25) is 4.79 Å². The zero-order chi connectivity index (χ0) is 11.4. The summed E-state index contributed by atoms with van der Waals surface area (Å²) in [5, 5.41) is 0.644. The van der Waals surface area contributed by atoms with Crippen LogP contribution in [0.15, 0.2) is 12.1 Å². The van der Waals surface area contributed by atoms with Crippen molar-refractivity contribution >= 4 is 40.6 Å². The van der Waals surface area contributed by atoms with Crippen molar-refractivity contribution in [2.75, 3.05) is 13.0 Å². The van der Waals surface area contributed by atoms with E-state index in [9.17, 15) is 4.79 Å². The molecule has 0 heterocycles. The fourth-order valence-corrected chi connectivity index (χ4v) is 1.96. The number of hydrogen-bond acceptors (Lipinski definition) is 2. The molecule has 0 N–H and O–H groups in total. The Hall–Kier alpha value is -0.440. The molecule has 0 radical (unpaired) electrons. The highest BCUT2D eigenvalue weighted by atomic mass is 35.5. The van der Waals surface area contributed by atoms with Crippen molar-refractivity contribution in [2.24, 2.45) is 0 Å². The molecule has 0 unspecified atom stereocenters. The first-order valence-corrected chi connectivity index (χ1v) is 5.51. The summed E-state index contributed by atoms with van der Waals surface area (Å²) in [5.41, 5.74) is 0.450. The summed E-state index contributed by atoms with van der Waals surface area (Å²) < 4.78 is 4.97. The van der Waals surface area contributed by atoms with Gasteiger partial charge < -0.3 is 4.74 Å². The third kappa shape index (κ3) is 3.00. The van der Waals surface area contributed by atoms with Crippen molar-refractivity contribution in [3.8, 4) is 5.75 Å². The van der Waals surface area contributed by atoms with E-state index in [4.69, 9.17) is 39.5 Å². The van der Waals surface area contributed by atoms with Crippen molar-refractivity contribution in [3.63, 3.8) is 0 Å². The molecule has 1 aromatic carbocycles. The van der Waals surface area contributed by atoms with Crippen LogP contribution in [-0.4, -0.2) is 18.8 Å². The lowest BCUT2D eigenvalue weighted by molar-refractivity contribution is 0.0989. The number of halogens is 3. The maximum Gasteiger partial charge on any atom is 0.164 e. The van der Waals surface area contributed by atoms with Gasteiger partial charge in [-0.25, -0.2) is 0 Å². The molecule has 0 aromatic heterocycles. The largest absolute Gasteiger partial charge is 0.494 e. The van der Waals surface area contributed by atoms with Gasteiger partial charge in [-0.1, -0.05) is 23.2 Å². The van der Waals surface area contributed by atoms with E-state index in [1.165, 1.54) is 19.2 Å². The smallest absolute Gasteiger partial charge is 0.164 e. The lowest BCUT2D eigenvalue weighted by atomic mass is 10.1. The van der Waals surface area contributed by atoms with E-state index in [0.29, 0.717) is 21.4 Å². The Morgan fingerprint density at radius 1 is 1.33 bits per heavy atom. The predicted octanol–water partition coefficient (Wildman–Crippen LogP) is 3.81. The second kappa shape index (κ2) is 5.59. The Bertz CT molecular complexity index is 354. The molecular formula is C10H9Cl3O2. The summed E-state index contributed by atoms with van der Waals surface area (Å²) in [6, 6.07) is 3.06. The van der Waals surface area contributed by atoms with Crippen LogP contribution >= 0.6 is 34.8 Å².